The van der Waals surface area contributed by atoms with E-state index in [2.05, 4.69) is 23.0 Å². The van der Waals surface area contributed by atoms with Crippen molar-refractivity contribution in [2.24, 2.45) is 0 Å². The minimum Gasteiger partial charge on any atom is -0.305 e. The molecule has 2 heterocycles. The van der Waals surface area contributed by atoms with Crippen molar-refractivity contribution in [1.29, 1.82) is 0 Å². The molecular weight excluding hydrogens is 234 g/mol. The number of pyridine rings is 1. The predicted molar refractivity (Wildman–Crippen MR) is 69.3 cm³/mol. The zero-order valence-corrected chi connectivity index (χ0v) is 10.7. The average molecular weight is 250 g/mol. The van der Waals surface area contributed by atoms with Gasteiger partial charge in [-0.25, -0.2) is 4.98 Å². The van der Waals surface area contributed by atoms with Crippen LogP contribution in [0.5, 0.6) is 0 Å². The summed E-state index contributed by atoms with van der Waals surface area (Å²) >= 11 is 5.96. The van der Waals surface area contributed by atoms with Gasteiger partial charge in [-0.1, -0.05) is 18.5 Å². The standard InChI is InChI=1S/C13H16ClN3/c1-2-16(12-4-5-12)8-11-9-17-7-10(14)3-6-13(17)15-11/h3,6-7,9,12H,2,4-5,8H2,1H3. The Morgan fingerprint density at radius 3 is 2.94 bits per heavy atom. The number of hydrogen-bond acceptors (Lipinski definition) is 2. The van der Waals surface area contributed by atoms with E-state index in [1.807, 2.05) is 22.7 Å². The van der Waals surface area contributed by atoms with E-state index in [0.29, 0.717) is 0 Å². The molecule has 3 nitrogen and oxygen atoms in total. The summed E-state index contributed by atoms with van der Waals surface area (Å²) in [6.45, 7) is 4.25. The molecule has 1 fully saturated rings. The maximum Gasteiger partial charge on any atom is 0.137 e. The number of fused-ring (bicyclic) bond motifs is 1. The minimum atomic E-state index is 0.746. The topological polar surface area (TPSA) is 20.5 Å². The van der Waals surface area contributed by atoms with Crippen LogP contribution in [-0.4, -0.2) is 26.9 Å². The molecule has 0 unspecified atom stereocenters. The molecule has 0 N–H and O–H groups in total. The van der Waals surface area contributed by atoms with Gasteiger partial charge in [0.1, 0.15) is 5.65 Å². The van der Waals surface area contributed by atoms with Gasteiger partial charge >= 0.3 is 0 Å². The molecule has 0 spiro atoms. The molecule has 4 heteroatoms. The lowest BCUT2D eigenvalue weighted by atomic mass is 10.4. The molecule has 2 aromatic rings. The molecule has 3 rings (SSSR count). The van der Waals surface area contributed by atoms with Gasteiger partial charge in [-0.2, -0.15) is 0 Å². The van der Waals surface area contributed by atoms with Gasteiger partial charge in [-0.05, 0) is 31.5 Å². The third-order valence-corrected chi connectivity index (χ3v) is 3.52. The Morgan fingerprint density at radius 1 is 1.41 bits per heavy atom. The van der Waals surface area contributed by atoms with Crippen LogP contribution in [0.4, 0.5) is 0 Å². The van der Waals surface area contributed by atoms with E-state index in [1.165, 1.54) is 12.8 Å². The second kappa shape index (κ2) is 4.31. The summed E-state index contributed by atoms with van der Waals surface area (Å²) < 4.78 is 2.00. The summed E-state index contributed by atoms with van der Waals surface area (Å²) in [4.78, 5) is 7.10. The zero-order chi connectivity index (χ0) is 11.8. The molecule has 0 saturated heterocycles. The van der Waals surface area contributed by atoms with Gasteiger partial charge < -0.3 is 4.40 Å². The van der Waals surface area contributed by atoms with Gasteiger partial charge in [0.25, 0.3) is 0 Å². The van der Waals surface area contributed by atoms with Crippen LogP contribution in [0.3, 0.4) is 0 Å². The zero-order valence-electron chi connectivity index (χ0n) is 9.93. The first kappa shape index (κ1) is 11.1. The molecule has 0 aromatic carbocycles. The van der Waals surface area contributed by atoms with Crippen LogP contribution in [0, 0.1) is 0 Å². The van der Waals surface area contributed by atoms with Gasteiger partial charge in [-0.3, -0.25) is 4.90 Å². The molecule has 0 amide bonds. The fourth-order valence-corrected chi connectivity index (χ4v) is 2.41. The van der Waals surface area contributed by atoms with Gasteiger partial charge in [-0.15, -0.1) is 0 Å². The predicted octanol–water partition coefficient (Wildman–Crippen LogP) is 2.97. The summed E-state index contributed by atoms with van der Waals surface area (Å²) in [5, 5.41) is 0.746. The van der Waals surface area contributed by atoms with Crippen LogP contribution >= 0.6 is 11.6 Å². The minimum absolute atomic E-state index is 0.746. The molecule has 2 aromatic heterocycles. The normalized spacial score (nSPS) is 15.9. The van der Waals surface area contributed by atoms with E-state index in [1.54, 1.807) is 0 Å². The summed E-state index contributed by atoms with van der Waals surface area (Å²) in [5.41, 5.74) is 2.09. The van der Waals surface area contributed by atoms with Crippen LogP contribution in [0.1, 0.15) is 25.5 Å². The molecule has 17 heavy (non-hydrogen) atoms. The van der Waals surface area contributed by atoms with Crippen LogP contribution in [0.25, 0.3) is 5.65 Å². The third-order valence-electron chi connectivity index (χ3n) is 3.30. The maximum atomic E-state index is 5.96. The Bertz CT molecular complexity index is 530. The Morgan fingerprint density at radius 2 is 2.24 bits per heavy atom. The number of halogens is 1. The molecule has 90 valence electrons. The van der Waals surface area contributed by atoms with Crippen molar-refractivity contribution in [3.8, 4) is 0 Å². The summed E-state index contributed by atoms with van der Waals surface area (Å²) in [5.74, 6) is 0. The van der Waals surface area contributed by atoms with Crippen LogP contribution in [0.2, 0.25) is 5.02 Å². The monoisotopic (exact) mass is 249 g/mol. The molecule has 1 saturated carbocycles. The van der Waals surface area contributed by atoms with E-state index in [0.717, 1.165) is 35.5 Å². The first-order chi connectivity index (χ1) is 8.26. The third kappa shape index (κ3) is 2.31. The lowest BCUT2D eigenvalue weighted by Crippen LogP contribution is -2.25. The van der Waals surface area contributed by atoms with E-state index in [-0.39, 0.29) is 0 Å². The Labute approximate surface area is 106 Å². The van der Waals surface area contributed by atoms with Gasteiger partial charge in [0, 0.05) is 25.0 Å². The Balaban J connectivity index is 1.84. The highest BCUT2D eigenvalue weighted by Gasteiger charge is 2.28. The van der Waals surface area contributed by atoms with Crippen molar-refractivity contribution in [2.45, 2.75) is 32.4 Å². The molecule has 0 aliphatic heterocycles. The van der Waals surface area contributed by atoms with E-state index in [9.17, 15) is 0 Å². The fourth-order valence-electron chi connectivity index (χ4n) is 2.24. The molecule has 0 bridgehead atoms. The second-order valence-electron chi connectivity index (χ2n) is 4.64. The summed E-state index contributed by atoms with van der Waals surface area (Å²) in [6, 6.07) is 4.62. The molecule has 0 radical (unpaired) electrons. The highest BCUT2D eigenvalue weighted by molar-refractivity contribution is 6.30. The van der Waals surface area contributed by atoms with Gasteiger partial charge in [0.2, 0.25) is 0 Å². The van der Waals surface area contributed by atoms with Crippen molar-refractivity contribution in [3.63, 3.8) is 0 Å². The first-order valence-corrected chi connectivity index (χ1v) is 6.51. The summed E-state index contributed by atoms with van der Waals surface area (Å²) in [6.07, 6.45) is 6.66. The average Bonchev–Trinajstić information content (AvgIpc) is 3.07. The quantitative estimate of drug-likeness (QED) is 0.831. The van der Waals surface area contributed by atoms with Crippen LogP contribution in [-0.2, 0) is 6.54 Å². The maximum absolute atomic E-state index is 5.96. The number of nitrogens with zero attached hydrogens (tertiary/aromatic N) is 3. The van der Waals surface area contributed by atoms with E-state index < -0.39 is 0 Å². The highest BCUT2D eigenvalue weighted by atomic mass is 35.5. The molecule has 1 aliphatic rings. The van der Waals surface area contributed by atoms with Crippen molar-refractivity contribution in [2.75, 3.05) is 6.54 Å². The number of imidazole rings is 1. The van der Waals surface area contributed by atoms with Gasteiger partial charge in [0.05, 0.1) is 10.7 Å². The number of rotatable bonds is 4. The van der Waals surface area contributed by atoms with E-state index >= 15 is 0 Å². The van der Waals surface area contributed by atoms with E-state index in [4.69, 9.17) is 11.6 Å². The Kier molecular flexibility index (Phi) is 2.81. The van der Waals surface area contributed by atoms with Gasteiger partial charge in [0.15, 0.2) is 0 Å². The Hall–Kier alpha value is -1.06. The van der Waals surface area contributed by atoms with Crippen LogP contribution in [0.15, 0.2) is 24.5 Å². The van der Waals surface area contributed by atoms with Crippen molar-refractivity contribution < 1.29 is 0 Å². The van der Waals surface area contributed by atoms with Crippen LogP contribution < -0.4 is 0 Å². The lowest BCUT2D eigenvalue weighted by molar-refractivity contribution is 0.266. The number of aromatic nitrogens is 2. The lowest BCUT2D eigenvalue weighted by Gasteiger charge is -2.17. The largest absolute Gasteiger partial charge is 0.305 e. The number of hydrogen-bond donors (Lipinski definition) is 0. The fraction of sp³-hybridized carbons (Fsp3) is 0.462. The SMILES string of the molecule is CCN(Cc1cn2cc(Cl)ccc2n1)C1CC1. The van der Waals surface area contributed by atoms with Crippen molar-refractivity contribution in [3.05, 3.63) is 35.2 Å². The molecular formula is C13H16ClN3. The second-order valence-corrected chi connectivity index (χ2v) is 5.08. The van der Waals surface area contributed by atoms with Crippen molar-refractivity contribution >= 4 is 17.2 Å². The highest BCUT2D eigenvalue weighted by Crippen LogP contribution is 2.27. The smallest absolute Gasteiger partial charge is 0.137 e. The molecule has 0 atom stereocenters. The first-order valence-electron chi connectivity index (χ1n) is 6.13. The summed E-state index contributed by atoms with van der Waals surface area (Å²) in [7, 11) is 0. The molecule has 1 aliphatic carbocycles. The van der Waals surface area contributed by atoms with Crippen molar-refractivity contribution in [1.82, 2.24) is 14.3 Å².